The molecule has 0 aromatic carbocycles. The SMILES string of the molecule is Cn1nccc1[C@@H]1CCCN1CCC(=O)O. The Morgan fingerprint density at radius 3 is 3.12 bits per heavy atom. The van der Waals surface area contributed by atoms with Crippen LogP contribution in [-0.2, 0) is 11.8 Å². The van der Waals surface area contributed by atoms with Crippen LogP contribution >= 0.6 is 0 Å². The molecule has 0 amide bonds. The van der Waals surface area contributed by atoms with Gasteiger partial charge in [0.25, 0.3) is 0 Å². The van der Waals surface area contributed by atoms with Crippen molar-refractivity contribution >= 4 is 5.97 Å². The lowest BCUT2D eigenvalue weighted by Gasteiger charge is -2.23. The Morgan fingerprint density at radius 2 is 2.50 bits per heavy atom. The molecule has 1 aromatic heterocycles. The monoisotopic (exact) mass is 223 g/mol. The van der Waals surface area contributed by atoms with E-state index in [1.54, 1.807) is 6.20 Å². The van der Waals surface area contributed by atoms with Gasteiger partial charge in [-0.2, -0.15) is 5.10 Å². The van der Waals surface area contributed by atoms with Gasteiger partial charge in [0, 0.05) is 19.8 Å². The molecule has 0 unspecified atom stereocenters. The fourth-order valence-electron chi connectivity index (χ4n) is 2.38. The van der Waals surface area contributed by atoms with Gasteiger partial charge >= 0.3 is 5.97 Å². The molecule has 1 atom stereocenters. The molecule has 5 heteroatoms. The Bertz CT molecular complexity index is 375. The van der Waals surface area contributed by atoms with Crippen LogP contribution in [0.2, 0.25) is 0 Å². The highest BCUT2D eigenvalue weighted by molar-refractivity contribution is 5.66. The first-order valence-electron chi connectivity index (χ1n) is 5.62. The molecule has 1 N–H and O–H groups in total. The standard InChI is InChI=1S/C11H17N3O2/c1-13-9(4-6-12-13)10-3-2-7-14(10)8-5-11(15)16/h4,6,10H,2-3,5,7-8H2,1H3,(H,15,16)/t10-/m0/s1. The summed E-state index contributed by atoms with van der Waals surface area (Å²) >= 11 is 0. The fraction of sp³-hybridized carbons (Fsp3) is 0.636. The molecule has 16 heavy (non-hydrogen) atoms. The largest absolute Gasteiger partial charge is 0.481 e. The molecular weight excluding hydrogens is 206 g/mol. The van der Waals surface area contributed by atoms with Crippen molar-refractivity contribution in [1.29, 1.82) is 0 Å². The molecule has 2 rings (SSSR count). The number of aromatic nitrogens is 2. The average Bonchev–Trinajstić information content (AvgIpc) is 2.82. The molecule has 0 aliphatic carbocycles. The zero-order valence-electron chi connectivity index (χ0n) is 9.46. The van der Waals surface area contributed by atoms with Crippen molar-refractivity contribution in [3.63, 3.8) is 0 Å². The highest BCUT2D eigenvalue weighted by atomic mass is 16.4. The molecule has 1 fully saturated rings. The Hall–Kier alpha value is -1.36. The zero-order chi connectivity index (χ0) is 11.5. The van der Waals surface area contributed by atoms with Crippen molar-refractivity contribution in [2.45, 2.75) is 25.3 Å². The highest BCUT2D eigenvalue weighted by Crippen LogP contribution is 2.31. The zero-order valence-corrected chi connectivity index (χ0v) is 9.46. The number of aliphatic carboxylic acids is 1. The summed E-state index contributed by atoms with van der Waals surface area (Å²) in [6.45, 7) is 1.62. The van der Waals surface area contributed by atoms with Gasteiger partial charge in [-0.05, 0) is 25.5 Å². The molecule has 0 radical (unpaired) electrons. The lowest BCUT2D eigenvalue weighted by molar-refractivity contribution is -0.137. The van der Waals surface area contributed by atoms with E-state index in [0.29, 0.717) is 12.6 Å². The van der Waals surface area contributed by atoms with Crippen molar-refractivity contribution in [3.05, 3.63) is 18.0 Å². The van der Waals surface area contributed by atoms with Crippen LogP contribution in [0.15, 0.2) is 12.3 Å². The lowest BCUT2D eigenvalue weighted by atomic mass is 10.1. The normalized spacial score (nSPS) is 21.4. The Morgan fingerprint density at radius 1 is 1.69 bits per heavy atom. The highest BCUT2D eigenvalue weighted by Gasteiger charge is 2.27. The number of nitrogens with zero attached hydrogens (tertiary/aromatic N) is 3. The minimum atomic E-state index is -0.726. The number of aryl methyl sites for hydroxylation is 1. The molecule has 1 aliphatic rings. The van der Waals surface area contributed by atoms with E-state index < -0.39 is 5.97 Å². The summed E-state index contributed by atoms with van der Waals surface area (Å²) in [6, 6.07) is 2.36. The molecule has 1 saturated heterocycles. The first-order chi connectivity index (χ1) is 7.68. The molecule has 0 saturated carbocycles. The summed E-state index contributed by atoms with van der Waals surface area (Å²) in [6.07, 6.45) is 4.24. The van der Waals surface area contributed by atoms with Gasteiger partial charge in [0.15, 0.2) is 0 Å². The molecule has 88 valence electrons. The van der Waals surface area contributed by atoms with Crippen molar-refractivity contribution in [2.24, 2.45) is 7.05 Å². The van der Waals surface area contributed by atoms with Crippen molar-refractivity contribution in [3.8, 4) is 0 Å². The minimum absolute atomic E-state index is 0.217. The Kier molecular flexibility index (Phi) is 3.24. The number of hydrogen-bond acceptors (Lipinski definition) is 3. The first-order valence-corrected chi connectivity index (χ1v) is 5.62. The summed E-state index contributed by atoms with van der Waals surface area (Å²) in [5, 5.41) is 12.9. The van der Waals surface area contributed by atoms with E-state index in [9.17, 15) is 4.79 Å². The van der Waals surface area contributed by atoms with Crippen LogP contribution in [-0.4, -0.2) is 38.8 Å². The minimum Gasteiger partial charge on any atom is -0.481 e. The van der Waals surface area contributed by atoms with Gasteiger partial charge in [-0.25, -0.2) is 0 Å². The Labute approximate surface area is 94.7 Å². The van der Waals surface area contributed by atoms with Gasteiger partial charge in [0.05, 0.1) is 18.2 Å². The van der Waals surface area contributed by atoms with Crippen LogP contribution in [0.5, 0.6) is 0 Å². The third-order valence-corrected chi connectivity index (χ3v) is 3.18. The molecule has 5 nitrogen and oxygen atoms in total. The summed E-state index contributed by atoms with van der Waals surface area (Å²) in [5.74, 6) is -0.726. The lowest BCUT2D eigenvalue weighted by Crippen LogP contribution is -2.27. The van der Waals surface area contributed by atoms with Gasteiger partial charge in [-0.1, -0.05) is 0 Å². The number of likely N-dealkylation sites (tertiary alicyclic amines) is 1. The predicted octanol–water partition coefficient (Wildman–Crippen LogP) is 1.03. The van der Waals surface area contributed by atoms with E-state index in [1.165, 1.54) is 5.69 Å². The van der Waals surface area contributed by atoms with Gasteiger partial charge in [-0.3, -0.25) is 14.4 Å². The third kappa shape index (κ3) is 2.24. The fourth-order valence-corrected chi connectivity index (χ4v) is 2.38. The number of carboxylic acids is 1. The maximum Gasteiger partial charge on any atom is 0.304 e. The summed E-state index contributed by atoms with van der Waals surface area (Å²) < 4.78 is 1.88. The van der Waals surface area contributed by atoms with E-state index >= 15 is 0 Å². The number of rotatable bonds is 4. The quantitative estimate of drug-likeness (QED) is 0.828. The molecule has 1 aliphatic heterocycles. The van der Waals surface area contributed by atoms with Crippen LogP contribution in [0.1, 0.15) is 31.0 Å². The second-order valence-electron chi connectivity index (χ2n) is 4.22. The van der Waals surface area contributed by atoms with Crippen LogP contribution < -0.4 is 0 Å². The first kappa shape index (κ1) is 11.1. The second-order valence-corrected chi connectivity index (χ2v) is 4.22. The second kappa shape index (κ2) is 4.65. The van der Waals surface area contributed by atoms with Crippen molar-refractivity contribution in [2.75, 3.05) is 13.1 Å². The molecular formula is C11H17N3O2. The molecule has 2 heterocycles. The van der Waals surface area contributed by atoms with E-state index in [0.717, 1.165) is 19.4 Å². The number of carbonyl (C=O) groups is 1. The van der Waals surface area contributed by atoms with Crippen LogP contribution in [0.25, 0.3) is 0 Å². The van der Waals surface area contributed by atoms with Gasteiger partial charge in [0.2, 0.25) is 0 Å². The maximum absolute atomic E-state index is 10.6. The van der Waals surface area contributed by atoms with Crippen molar-refractivity contribution in [1.82, 2.24) is 14.7 Å². The average molecular weight is 223 g/mol. The van der Waals surface area contributed by atoms with E-state index in [4.69, 9.17) is 5.11 Å². The van der Waals surface area contributed by atoms with E-state index in [2.05, 4.69) is 10.00 Å². The van der Waals surface area contributed by atoms with Gasteiger partial charge in [0.1, 0.15) is 0 Å². The van der Waals surface area contributed by atoms with Gasteiger partial charge < -0.3 is 5.11 Å². The van der Waals surface area contributed by atoms with E-state index in [1.807, 2.05) is 17.8 Å². The smallest absolute Gasteiger partial charge is 0.304 e. The topological polar surface area (TPSA) is 58.4 Å². The molecule has 1 aromatic rings. The van der Waals surface area contributed by atoms with E-state index in [-0.39, 0.29) is 6.42 Å². The predicted molar refractivity (Wildman–Crippen MR) is 59.0 cm³/mol. The van der Waals surface area contributed by atoms with Crippen molar-refractivity contribution < 1.29 is 9.90 Å². The Balaban J connectivity index is 2.03. The summed E-state index contributed by atoms with van der Waals surface area (Å²) in [5.41, 5.74) is 1.18. The molecule has 0 spiro atoms. The molecule has 0 bridgehead atoms. The van der Waals surface area contributed by atoms with Crippen LogP contribution in [0, 0.1) is 0 Å². The van der Waals surface area contributed by atoms with Crippen LogP contribution in [0.4, 0.5) is 0 Å². The number of carboxylic acid groups (broad SMARTS) is 1. The number of hydrogen-bond donors (Lipinski definition) is 1. The summed E-state index contributed by atoms with van der Waals surface area (Å²) in [4.78, 5) is 12.8. The maximum atomic E-state index is 10.6. The van der Waals surface area contributed by atoms with Gasteiger partial charge in [-0.15, -0.1) is 0 Å². The third-order valence-electron chi connectivity index (χ3n) is 3.18. The van der Waals surface area contributed by atoms with Crippen LogP contribution in [0.3, 0.4) is 0 Å². The summed E-state index contributed by atoms with van der Waals surface area (Å²) in [7, 11) is 1.93.